The average molecular weight is 470 g/mol. The van der Waals surface area contributed by atoms with Gasteiger partial charge in [-0.15, -0.1) is 0 Å². The van der Waals surface area contributed by atoms with Crippen molar-refractivity contribution in [3.8, 4) is 5.75 Å². The topological polar surface area (TPSA) is 110 Å². The van der Waals surface area contributed by atoms with Crippen LogP contribution in [0.1, 0.15) is 5.56 Å². The molecule has 1 saturated heterocycles. The van der Waals surface area contributed by atoms with Gasteiger partial charge >= 0.3 is 24.3 Å². The molecule has 2 aromatic carbocycles. The number of phenolic OH excluding ortho intramolecular Hbond substituents is 1. The Morgan fingerprint density at radius 3 is 1.81 bits per heavy atom. The van der Waals surface area contributed by atoms with Crippen LogP contribution in [0.25, 0.3) is 10.8 Å². The number of halogens is 6. The number of rotatable bonds is 2. The minimum Gasteiger partial charge on any atom is -0.508 e. The van der Waals surface area contributed by atoms with Crippen LogP contribution in [0.2, 0.25) is 0 Å². The Labute approximate surface area is 177 Å². The van der Waals surface area contributed by atoms with E-state index in [9.17, 15) is 31.4 Å². The molecule has 0 amide bonds. The van der Waals surface area contributed by atoms with E-state index >= 15 is 0 Å². The number of aliphatic carboxylic acids is 2. The van der Waals surface area contributed by atoms with Crippen molar-refractivity contribution in [3.63, 3.8) is 0 Å². The van der Waals surface area contributed by atoms with E-state index in [1.807, 2.05) is 18.2 Å². The summed E-state index contributed by atoms with van der Waals surface area (Å²) >= 11 is 0. The molecule has 1 fully saturated rings. The second-order valence-electron chi connectivity index (χ2n) is 6.42. The van der Waals surface area contributed by atoms with E-state index in [-0.39, 0.29) is 0 Å². The van der Waals surface area contributed by atoms with Crippen LogP contribution >= 0.6 is 0 Å². The Bertz CT molecular complexity index is 887. The van der Waals surface area contributed by atoms with E-state index in [0.717, 1.165) is 43.7 Å². The molecule has 0 unspecified atom stereocenters. The number of nitrogens with zero attached hydrogens (tertiary/aromatic N) is 1. The first kappa shape index (κ1) is 27.0. The highest BCUT2D eigenvalue weighted by Gasteiger charge is 2.38. The van der Waals surface area contributed by atoms with Crippen LogP contribution in [-0.2, 0) is 16.1 Å². The third-order valence-electron chi connectivity index (χ3n) is 4.09. The molecule has 0 atom stereocenters. The van der Waals surface area contributed by atoms with Gasteiger partial charge in [-0.25, -0.2) is 9.59 Å². The average Bonchev–Trinajstić information content (AvgIpc) is 2.70. The smallest absolute Gasteiger partial charge is 0.490 e. The van der Waals surface area contributed by atoms with Crippen LogP contribution in [0.3, 0.4) is 0 Å². The molecule has 0 aliphatic carbocycles. The van der Waals surface area contributed by atoms with Crippen LogP contribution in [0.15, 0.2) is 36.4 Å². The molecular weight excluding hydrogens is 450 g/mol. The minimum atomic E-state index is -5.08. The Kier molecular flexibility index (Phi) is 9.72. The molecule has 1 heterocycles. The summed E-state index contributed by atoms with van der Waals surface area (Å²) in [4.78, 5) is 20.2. The third kappa shape index (κ3) is 8.98. The SMILES string of the molecule is O=C(O)C(F)(F)F.O=C(O)C(F)(F)F.Oc1ccc2ccccc2c1CN1CCNCC1. The number of phenols is 1. The Morgan fingerprint density at radius 2 is 1.34 bits per heavy atom. The van der Waals surface area contributed by atoms with Crippen molar-refractivity contribution in [2.75, 3.05) is 26.2 Å². The van der Waals surface area contributed by atoms with Crippen LogP contribution in [0, 0.1) is 0 Å². The number of benzene rings is 2. The quantitative estimate of drug-likeness (QED) is 0.499. The summed E-state index contributed by atoms with van der Waals surface area (Å²) in [7, 11) is 0. The largest absolute Gasteiger partial charge is 0.508 e. The lowest BCUT2D eigenvalue weighted by molar-refractivity contribution is -0.193. The number of hydrogen-bond acceptors (Lipinski definition) is 5. The lowest BCUT2D eigenvalue weighted by Crippen LogP contribution is -2.42. The molecule has 7 nitrogen and oxygen atoms in total. The summed E-state index contributed by atoms with van der Waals surface area (Å²) in [6.07, 6.45) is -10.2. The normalized spacial score (nSPS) is 14.6. The Balaban J connectivity index is 0.000000305. The number of alkyl halides is 6. The van der Waals surface area contributed by atoms with Gasteiger partial charge in [0, 0.05) is 38.3 Å². The van der Waals surface area contributed by atoms with E-state index in [0.29, 0.717) is 5.75 Å². The molecule has 1 aliphatic heterocycles. The van der Waals surface area contributed by atoms with Gasteiger partial charge in [0.05, 0.1) is 0 Å². The van der Waals surface area contributed by atoms with Crippen molar-refractivity contribution < 1.29 is 51.3 Å². The Morgan fingerprint density at radius 1 is 0.875 bits per heavy atom. The van der Waals surface area contributed by atoms with Gasteiger partial charge in [0.2, 0.25) is 0 Å². The third-order valence-corrected chi connectivity index (χ3v) is 4.09. The molecule has 4 N–H and O–H groups in total. The van der Waals surface area contributed by atoms with Crippen LogP contribution in [0.5, 0.6) is 5.75 Å². The van der Waals surface area contributed by atoms with Gasteiger partial charge in [0.1, 0.15) is 5.75 Å². The fourth-order valence-corrected chi connectivity index (χ4v) is 2.58. The van der Waals surface area contributed by atoms with Crippen LogP contribution < -0.4 is 5.32 Å². The second kappa shape index (κ2) is 11.5. The van der Waals surface area contributed by atoms with Gasteiger partial charge in [-0.1, -0.05) is 30.3 Å². The minimum absolute atomic E-state index is 0.409. The van der Waals surface area contributed by atoms with E-state index in [4.69, 9.17) is 19.8 Å². The predicted molar refractivity (Wildman–Crippen MR) is 101 cm³/mol. The van der Waals surface area contributed by atoms with Crippen molar-refractivity contribution in [2.45, 2.75) is 18.9 Å². The maximum absolute atomic E-state index is 10.6. The molecule has 178 valence electrons. The van der Waals surface area contributed by atoms with Gasteiger partial charge in [0.25, 0.3) is 0 Å². The highest BCUT2D eigenvalue weighted by molar-refractivity contribution is 5.87. The highest BCUT2D eigenvalue weighted by atomic mass is 19.4. The summed E-state index contributed by atoms with van der Waals surface area (Å²) in [5.41, 5.74) is 1.05. The van der Waals surface area contributed by atoms with Gasteiger partial charge in [-0.2, -0.15) is 26.3 Å². The fraction of sp³-hybridized carbons (Fsp3) is 0.368. The number of piperazine rings is 1. The highest BCUT2D eigenvalue weighted by Crippen LogP contribution is 2.28. The molecule has 0 aromatic heterocycles. The zero-order valence-electron chi connectivity index (χ0n) is 16.4. The molecule has 1 aliphatic rings. The number of carboxylic acids is 2. The zero-order valence-corrected chi connectivity index (χ0v) is 16.4. The standard InChI is InChI=1S/C15H18N2O.2C2HF3O2/c18-15-6-5-12-3-1-2-4-13(12)14(15)11-17-9-7-16-8-10-17;2*3-2(4,5)1(6)7/h1-6,16,18H,7-11H2;2*(H,6,7). The summed E-state index contributed by atoms with van der Waals surface area (Å²) < 4.78 is 63.5. The summed E-state index contributed by atoms with van der Waals surface area (Å²) in [5, 5.41) is 30.1. The first-order chi connectivity index (χ1) is 14.7. The number of carboxylic acid groups (broad SMARTS) is 2. The van der Waals surface area contributed by atoms with Gasteiger partial charge in [0.15, 0.2) is 0 Å². The van der Waals surface area contributed by atoms with Crippen molar-refractivity contribution in [1.29, 1.82) is 0 Å². The van der Waals surface area contributed by atoms with Crippen molar-refractivity contribution in [2.24, 2.45) is 0 Å². The van der Waals surface area contributed by atoms with E-state index in [1.54, 1.807) is 6.07 Å². The molecular formula is C19H20F6N2O5. The number of fused-ring (bicyclic) bond motifs is 1. The van der Waals surface area contributed by atoms with Gasteiger partial charge in [-0.05, 0) is 16.8 Å². The van der Waals surface area contributed by atoms with Gasteiger partial charge < -0.3 is 20.6 Å². The zero-order chi connectivity index (χ0) is 24.5. The lowest BCUT2D eigenvalue weighted by atomic mass is 10.0. The number of carbonyl (C=O) groups is 2. The lowest BCUT2D eigenvalue weighted by Gasteiger charge is -2.27. The fourth-order valence-electron chi connectivity index (χ4n) is 2.58. The predicted octanol–water partition coefficient (Wildman–Crippen LogP) is 3.22. The van der Waals surface area contributed by atoms with Crippen molar-refractivity contribution >= 4 is 22.7 Å². The van der Waals surface area contributed by atoms with E-state index in [2.05, 4.69) is 22.3 Å². The van der Waals surface area contributed by atoms with E-state index in [1.165, 1.54) is 5.39 Å². The van der Waals surface area contributed by atoms with Crippen molar-refractivity contribution in [1.82, 2.24) is 10.2 Å². The molecule has 2 aromatic rings. The molecule has 0 spiro atoms. The molecule has 0 saturated carbocycles. The molecule has 0 radical (unpaired) electrons. The van der Waals surface area contributed by atoms with Crippen LogP contribution in [0.4, 0.5) is 26.3 Å². The number of aromatic hydroxyl groups is 1. The number of nitrogens with one attached hydrogen (secondary N) is 1. The maximum atomic E-state index is 10.6. The monoisotopic (exact) mass is 470 g/mol. The van der Waals surface area contributed by atoms with Crippen LogP contribution in [-0.4, -0.2) is 70.7 Å². The maximum Gasteiger partial charge on any atom is 0.490 e. The number of hydrogen-bond donors (Lipinski definition) is 4. The molecule has 3 rings (SSSR count). The summed E-state index contributed by atoms with van der Waals surface area (Å²) in [6, 6.07) is 12.0. The van der Waals surface area contributed by atoms with Gasteiger partial charge in [-0.3, -0.25) is 4.90 Å². The Hall–Kier alpha value is -3.06. The second-order valence-corrected chi connectivity index (χ2v) is 6.42. The van der Waals surface area contributed by atoms with Crippen molar-refractivity contribution in [3.05, 3.63) is 42.0 Å². The van der Waals surface area contributed by atoms with E-state index < -0.39 is 24.3 Å². The molecule has 13 heteroatoms. The summed E-state index contributed by atoms with van der Waals surface area (Å²) in [6.45, 7) is 4.98. The first-order valence-electron chi connectivity index (χ1n) is 8.96. The summed E-state index contributed by atoms with van der Waals surface area (Å²) in [5.74, 6) is -5.10. The first-order valence-corrected chi connectivity index (χ1v) is 8.96. The molecule has 0 bridgehead atoms. The molecule has 32 heavy (non-hydrogen) atoms.